The minimum absolute atomic E-state index is 0.437. The minimum atomic E-state index is -0.483. The highest BCUT2D eigenvalue weighted by atomic mass is 16.6. The number of carbonyl (C=O) groups excluding carboxylic acids is 1. The van der Waals surface area contributed by atoms with E-state index >= 15 is 0 Å². The van der Waals surface area contributed by atoms with Crippen LogP contribution in [0.3, 0.4) is 0 Å². The monoisotopic (exact) mass is 222 g/mol. The number of pyridine rings is 1. The Hall–Kier alpha value is -1.58. The predicted molar refractivity (Wildman–Crippen MR) is 63.5 cm³/mol. The molecule has 0 saturated heterocycles. The molecule has 0 aliphatic rings. The normalized spacial score (nSPS) is 11.0. The molecule has 4 heteroatoms. The summed E-state index contributed by atoms with van der Waals surface area (Å²) < 4.78 is 5.17. The first-order chi connectivity index (χ1) is 7.42. The molecule has 0 spiro atoms. The number of ether oxygens (including phenoxy) is 1. The third-order valence-corrected chi connectivity index (χ3v) is 1.92. The number of carbonyl (C=O) groups is 1. The molecule has 0 aliphatic heterocycles. The van der Waals surface area contributed by atoms with E-state index < -0.39 is 11.7 Å². The van der Waals surface area contributed by atoms with Crippen molar-refractivity contribution in [3.05, 3.63) is 24.0 Å². The molecular formula is C12H18N2O2. The number of rotatable bonds is 2. The molecular weight excluding hydrogens is 204 g/mol. The number of nitrogens with zero attached hydrogens (tertiary/aromatic N) is 1. The van der Waals surface area contributed by atoms with Crippen LogP contribution in [0, 0.1) is 0 Å². The molecule has 0 saturated carbocycles. The summed E-state index contributed by atoms with van der Waals surface area (Å²) >= 11 is 0. The highest BCUT2D eigenvalue weighted by molar-refractivity contribution is 5.85. The third-order valence-electron chi connectivity index (χ3n) is 1.92. The maximum atomic E-state index is 11.5. The van der Waals surface area contributed by atoms with Crippen molar-refractivity contribution >= 4 is 11.8 Å². The second kappa shape index (κ2) is 4.96. The number of aryl methyl sites for hydroxylation is 1. The topological polar surface area (TPSA) is 51.2 Å². The number of aromatic nitrogens is 1. The fourth-order valence-corrected chi connectivity index (χ4v) is 1.24. The standard InChI is InChI=1S/C12H18N2O2/c1-5-9-8-13-7-6-10(9)14-11(15)16-12(2,3)4/h6-8H,5H2,1-4H3,(H,13,14,15). The summed E-state index contributed by atoms with van der Waals surface area (Å²) in [6.45, 7) is 7.51. The van der Waals surface area contributed by atoms with Crippen LogP contribution >= 0.6 is 0 Å². The lowest BCUT2D eigenvalue weighted by atomic mass is 10.2. The Morgan fingerprint density at radius 2 is 2.19 bits per heavy atom. The summed E-state index contributed by atoms with van der Waals surface area (Å²) in [5.41, 5.74) is 1.27. The molecule has 1 amide bonds. The van der Waals surface area contributed by atoms with Crippen LogP contribution in [0.2, 0.25) is 0 Å². The fourth-order valence-electron chi connectivity index (χ4n) is 1.24. The van der Waals surface area contributed by atoms with Crippen molar-refractivity contribution in [2.45, 2.75) is 39.7 Å². The van der Waals surface area contributed by atoms with Gasteiger partial charge in [-0.1, -0.05) is 6.92 Å². The SMILES string of the molecule is CCc1cnccc1NC(=O)OC(C)(C)C. The number of hydrogen-bond donors (Lipinski definition) is 1. The van der Waals surface area contributed by atoms with Gasteiger partial charge in [0.15, 0.2) is 0 Å². The largest absolute Gasteiger partial charge is 0.444 e. The van der Waals surface area contributed by atoms with Crippen molar-refractivity contribution in [3.8, 4) is 0 Å². The number of amides is 1. The van der Waals surface area contributed by atoms with Crippen LogP contribution in [-0.4, -0.2) is 16.7 Å². The summed E-state index contributed by atoms with van der Waals surface area (Å²) in [5, 5.41) is 2.72. The Bertz CT molecular complexity index is 370. The van der Waals surface area contributed by atoms with Crippen LogP contribution in [0.4, 0.5) is 10.5 Å². The van der Waals surface area contributed by atoms with E-state index in [1.165, 1.54) is 0 Å². The van der Waals surface area contributed by atoms with Crippen molar-refractivity contribution < 1.29 is 9.53 Å². The first-order valence-corrected chi connectivity index (χ1v) is 5.35. The number of nitrogens with one attached hydrogen (secondary N) is 1. The fraction of sp³-hybridized carbons (Fsp3) is 0.500. The van der Waals surface area contributed by atoms with Gasteiger partial charge >= 0.3 is 6.09 Å². The van der Waals surface area contributed by atoms with E-state index in [2.05, 4.69) is 10.3 Å². The van der Waals surface area contributed by atoms with Crippen LogP contribution < -0.4 is 5.32 Å². The zero-order valence-corrected chi connectivity index (χ0v) is 10.2. The lowest BCUT2D eigenvalue weighted by Gasteiger charge is -2.20. The molecule has 16 heavy (non-hydrogen) atoms. The van der Waals surface area contributed by atoms with Crippen molar-refractivity contribution in [1.29, 1.82) is 0 Å². The van der Waals surface area contributed by atoms with Crippen molar-refractivity contribution in [2.24, 2.45) is 0 Å². The van der Waals surface area contributed by atoms with E-state index in [1.807, 2.05) is 27.7 Å². The average Bonchev–Trinajstić information content (AvgIpc) is 2.15. The van der Waals surface area contributed by atoms with Gasteiger partial charge in [-0.2, -0.15) is 0 Å². The van der Waals surface area contributed by atoms with Gasteiger partial charge in [0.1, 0.15) is 5.60 Å². The van der Waals surface area contributed by atoms with Crippen LogP contribution in [0.1, 0.15) is 33.3 Å². The third kappa shape index (κ3) is 3.88. The van der Waals surface area contributed by atoms with Gasteiger partial charge in [0.05, 0.1) is 5.69 Å². The molecule has 88 valence electrons. The smallest absolute Gasteiger partial charge is 0.412 e. The summed E-state index contributed by atoms with van der Waals surface area (Å²) in [7, 11) is 0. The summed E-state index contributed by atoms with van der Waals surface area (Å²) in [4.78, 5) is 15.5. The zero-order valence-electron chi connectivity index (χ0n) is 10.2. The molecule has 4 nitrogen and oxygen atoms in total. The summed E-state index contributed by atoms with van der Waals surface area (Å²) in [5.74, 6) is 0. The second-order valence-electron chi connectivity index (χ2n) is 4.51. The van der Waals surface area contributed by atoms with Crippen molar-refractivity contribution in [1.82, 2.24) is 4.98 Å². The molecule has 1 rings (SSSR count). The van der Waals surface area contributed by atoms with Gasteiger partial charge in [0, 0.05) is 12.4 Å². The molecule has 0 aromatic carbocycles. The van der Waals surface area contributed by atoms with Crippen LogP contribution in [0.15, 0.2) is 18.5 Å². The van der Waals surface area contributed by atoms with Crippen molar-refractivity contribution in [2.75, 3.05) is 5.32 Å². The molecule has 1 heterocycles. The van der Waals surface area contributed by atoms with Crippen molar-refractivity contribution in [3.63, 3.8) is 0 Å². The van der Waals surface area contributed by atoms with E-state index in [4.69, 9.17) is 4.74 Å². The molecule has 0 unspecified atom stereocenters. The average molecular weight is 222 g/mol. The molecule has 1 N–H and O–H groups in total. The molecule has 0 bridgehead atoms. The first kappa shape index (κ1) is 12.5. The Morgan fingerprint density at radius 1 is 1.50 bits per heavy atom. The van der Waals surface area contributed by atoms with Gasteiger partial charge < -0.3 is 4.74 Å². The maximum absolute atomic E-state index is 11.5. The second-order valence-corrected chi connectivity index (χ2v) is 4.51. The van der Waals surface area contributed by atoms with E-state index in [0.717, 1.165) is 17.7 Å². The Balaban J connectivity index is 2.70. The minimum Gasteiger partial charge on any atom is -0.444 e. The summed E-state index contributed by atoms with van der Waals surface area (Å²) in [6, 6.07) is 1.77. The van der Waals surface area contributed by atoms with E-state index in [0.29, 0.717) is 0 Å². The summed E-state index contributed by atoms with van der Waals surface area (Å²) in [6.07, 6.45) is 3.77. The van der Waals surface area contributed by atoms with E-state index in [9.17, 15) is 4.79 Å². The van der Waals surface area contributed by atoms with Gasteiger partial charge in [-0.25, -0.2) is 4.79 Å². The van der Waals surface area contributed by atoms with E-state index in [1.54, 1.807) is 18.5 Å². The predicted octanol–water partition coefficient (Wildman–Crippen LogP) is 2.99. The number of anilines is 1. The molecule has 1 aromatic heterocycles. The molecule has 0 fully saturated rings. The van der Waals surface area contributed by atoms with Gasteiger partial charge in [-0.3, -0.25) is 10.3 Å². The first-order valence-electron chi connectivity index (χ1n) is 5.35. The molecule has 0 atom stereocenters. The van der Waals surface area contributed by atoms with E-state index in [-0.39, 0.29) is 0 Å². The van der Waals surface area contributed by atoms with Crippen LogP contribution in [-0.2, 0) is 11.2 Å². The molecule has 0 aliphatic carbocycles. The Kier molecular flexibility index (Phi) is 3.88. The van der Waals surface area contributed by atoms with Gasteiger partial charge in [-0.15, -0.1) is 0 Å². The zero-order chi connectivity index (χ0) is 12.2. The Morgan fingerprint density at radius 3 is 2.75 bits per heavy atom. The van der Waals surface area contributed by atoms with Gasteiger partial charge in [0.2, 0.25) is 0 Å². The lowest BCUT2D eigenvalue weighted by molar-refractivity contribution is 0.0636. The molecule has 1 aromatic rings. The molecule has 0 radical (unpaired) electrons. The van der Waals surface area contributed by atoms with Crippen LogP contribution in [0.5, 0.6) is 0 Å². The highest BCUT2D eigenvalue weighted by Crippen LogP contribution is 2.15. The van der Waals surface area contributed by atoms with Gasteiger partial charge in [0.25, 0.3) is 0 Å². The van der Waals surface area contributed by atoms with Gasteiger partial charge in [-0.05, 0) is 38.8 Å². The number of hydrogen-bond acceptors (Lipinski definition) is 3. The quantitative estimate of drug-likeness (QED) is 0.836. The lowest BCUT2D eigenvalue weighted by Crippen LogP contribution is -2.27. The van der Waals surface area contributed by atoms with Crippen LogP contribution in [0.25, 0.3) is 0 Å². The Labute approximate surface area is 96.0 Å². The maximum Gasteiger partial charge on any atom is 0.412 e. The highest BCUT2D eigenvalue weighted by Gasteiger charge is 2.16.